The molecule has 2 unspecified atom stereocenters. The minimum Gasteiger partial charge on any atom is -0.489 e. The van der Waals surface area contributed by atoms with Gasteiger partial charge in [0, 0.05) is 5.02 Å². The van der Waals surface area contributed by atoms with Crippen molar-refractivity contribution in [2.24, 2.45) is 0 Å². The standard InChI is InChI=1S/C18H22ClNO/c1-4-14-8-10-15(11-9-14)18(20-3)13(2)21-17-7-5-6-16(19)12-17/h5-13,18,20H,4H2,1-3H3. The molecule has 1 N–H and O–H groups in total. The lowest BCUT2D eigenvalue weighted by Gasteiger charge is -2.25. The quantitative estimate of drug-likeness (QED) is 0.840. The zero-order chi connectivity index (χ0) is 15.2. The number of halogens is 1. The van der Waals surface area contributed by atoms with Gasteiger partial charge in [-0.2, -0.15) is 0 Å². The summed E-state index contributed by atoms with van der Waals surface area (Å²) in [5.41, 5.74) is 2.57. The Labute approximate surface area is 132 Å². The number of hydrogen-bond donors (Lipinski definition) is 1. The molecule has 112 valence electrons. The van der Waals surface area contributed by atoms with Gasteiger partial charge in [0.15, 0.2) is 0 Å². The highest BCUT2D eigenvalue weighted by Gasteiger charge is 2.19. The maximum absolute atomic E-state index is 6.01. The fourth-order valence-corrected chi connectivity index (χ4v) is 2.64. The summed E-state index contributed by atoms with van der Waals surface area (Å²) in [6, 6.07) is 16.3. The fourth-order valence-electron chi connectivity index (χ4n) is 2.46. The van der Waals surface area contributed by atoms with Gasteiger partial charge in [0.2, 0.25) is 0 Å². The van der Waals surface area contributed by atoms with Crippen LogP contribution < -0.4 is 10.1 Å². The van der Waals surface area contributed by atoms with Gasteiger partial charge in [-0.05, 0) is 49.7 Å². The van der Waals surface area contributed by atoms with Crippen LogP contribution in [0.4, 0.5) is 0 Å². The number of ether oxygens (including phenoxy) is 1. The molecule has 0 amide bonds. The molecule has 0 aliphatic carbocycles. The van der Waals surface area contributed by atoms with Crippen LogP contribution in [0.25, 0.3) is 0 Å². The van der Waals surface area contributed by atoms with Crippen molar-refractivity contribution in [1.82, 2.24) is 5.32 Å². The molecule has 2 nitrogen and oxygen atoms in total. The number of benzene rings is 2. The van der Waals surface area contributed by atoms with Gasteiger partial charge >= 0.3 is 0 Å². The molecule has 2 aromatic carbocycles. The van der Waals surface area contributed by atoms with E-state index in [9.17, 15) is 0 Å². The average molecular weight is 304 g/mol. The predicted octanol–water partition coefficient (Wildman–Crippen LogP) is 4.63. The molecule has 2 rings (SSSR count). The first kappa shape index (κ1) is 15.9. The average Bonchev–Trinajstić information content (AvgIpc) is 2.48. The molecule has 2 aromatic rings. The molecule has 0 aliphatic heterocycles. The molecule has 0 heterocycles. The highest BCUT2D eigenvalue weighted by atomic mass is 35.5. The topological polar surface area (TPSA) is 21.3 Å². The zero-order valence-electron chi connectivity index (χ0n) is 12.8. The lowest BCUT2D eigenvalue weighted by Crippen LogP contribution is -2.31. The highest BCUT2D eigenvalue weighted by Crippen LogP contribution is 2.24. The maximum Gasteiger partial charge on any atom is 0.121 e. The summed E-state index contributed by atoms with van der Waals surface area (Å²) < 4.78 is 6.01. The van der Waals surface area contributed by atoms with E-state index < -0.39 is 0 Å². The van der Waals surface area contributed by atoms with Crippen LogP contribution in [0, 0.1) is 0 Å². The first-order valence-electron chi connectivity index (χ1n) is 7.32. The van der Waals surface area contributed by atoms with Crippen LogP contribution in [-0.4, -0.2) is 13.2 Å². The van der Waals surface area contributed by atoms with Crippen molar-refractivity contribution in [3.63, 3.8) is 0 Å². The van der Waals surface area contributed by atoms with Crippen LogP contribution >= 0.6 is 11.6 Å². The SMILES string of the molecule is CCc1ccc(C(NC)C(C)Oc2cccc(Cl)c2)cc1. The normalized spacial score (nSPS) is 13.7. The van der Waals surface area contributed by atoms with Crippen LogP contribution in [0.2, 0.25) is 5.02 Å². The third-order valence-corrected chi connectivity index (χ3v) is 3.88. The van der Waals surface area contributed by atoms with Crippen molar-refractivity contribution in [2.75, 3.05) is 7.05 Å². The molecule has 0 bridgehead atoms. The Balaban J connectivity index is 2.12. The zero-order valence-corrected chi connectivity index (χ0v) is 13.5. The number of likely N-dealkylation sites (N-methyl/N-ethyl adjacent to an activating group) is 1. The smallest absolute Gasteiger partial charge is 0.121 e. The number of hydrogen-bond acceptors (Lipinski definition) is 2. The first-order valence-corrected chi connectivity index (χ1v) is 7.70. The Morgan fingerprint density at radius 3 is 2.43 bits per heavy atom. The van der Waals surface area contributed by atoms with Crippen molar-refractivity contribution >= 4 is 11.6 Å². The van der Waals surface area contributed by atoms with Crippen LogP contribution in [0.1, 0.15) is 31.0 Å². The van der Waals surface area contributed by atoms with Crippen molar-refractivity contribution < 1.29 is 4.74 Å². The molecule has 2 atom stereocenters. The lowest BCUT2D eigenvalue weighted by atomic mass is 10.0. The minimum atomic E-state index is 0.000873. The molecule has 3 heteroatoms. The Kier molecular flexibility index (Phi) is 5.66. The Hall–Kier alpha value is -1.51. The first-order chi connectivity index (χ1) is 10.1. The third kappa shape index (κ3) is 4.23. The maximum atomic E-state index is 6.01. The molecule has 0 spiro atoms. The summed E-state index contributed by atoms with van der Waals surface area (Å²) in [4.78, 5) is 0. The number of aryl methyl sites for hydroxylation is 1. The van der Waals surface area contributed by atoms with E-state index in [1.54, 1.807) is 0 Å². The van der Waals surface area contributed by atoms with Crippen LogP contribution in [-0.2, 0) is 6.42 Å². The van der Waals surface area contributed by atoms with Gasteiger partial charge in [-0.25, -0.2) is 0 Å². The van der Waals surface area contributed by atoms with Gasteiger partial charge in [-0.1, -0.05) is 48.9 Å². The van der Waals surface area contributed by atoms with E-state index >= 15 is 0 Å². The summed E-state index contributed by atoms with van der Waals surface area (Å²) in [6.07, 6.45) is 1.06. The minimum absolute atomic E-state index is 0.000873. The third-order valence-electron chi connectivity index (χ3n) is 3.65. The van der Waals surface area contributed by atoms with Crippen LogP contribution in [0.15, 0.2) is 48.5 Å². The second-order valence-corrected chi connectivity index (χ2v) is 5.58. The van der Waals surface area contributed by atoms with E-state index in [1.165, 1.54) is 11.1 Å². The Morgan fingerprint density at radius 2 is 1.86 bits per heavy atom. The van der Waals surface area contributed by atoms with E-state index in [1.807, 2.05) is 31.3 Å². The second-order valence-electron chi connectivity index (χ2n) is 5.14. The lowest BCUT2D eigenvalue weighted by molar-refractivity contribution is 0.175. The molecule has 0 aromatic heterocycles. The van der Waals surface area contributed by atoms with Gasteiger partial charge in [0.1, 0.15) is 11.9 Å². The van der Waals surface area contributed by atoms with Crippen molar-refractivity contribution in [3.8, 4) is 5.75 Å². The second kappa shape index (κ2) is 7.48. The number of nitrogens with one attached hydrogen (secondary N) is 1. The molecule has 0 fully saturated rings. The number of rotatable bonds is 6. The van der Waals surface area contributed by atoms with Crippen LogP contribution in [0.5, 0.6) is 5.75 Å². The predicted molar refractivity (Wildman–Crippen MR) is 89.2 cm³/mol. The van der Waals surface area contributed by atoms with E-state index in [2.05, 4.69) is 43.4 Å². The summed E-state index contributed by atoms with van der Waals surface area (Å²) in [7, 11) is 1.95. The summed E-state index contributed by atoms with van der Waals surface area (Å²) >= 11 is 6.00. The van der Waals surface area contributed by atoms with E-state index in [0.29, 0.717) is 5.02 Å². The van der Waals surface area contributed by atoms with Crippen molar-refractivity contribution in [3.05, 3.63) is 64.7 Å². The summed E-state index contributed by atoms with van der Waals surface area (Å²) in [6.45, 7) is 4.23. The molecule has 21 heavy (non-hydrogen) atoms. The summed E-state index contributed by atoms with van der Waals surface area (Å²) in [5, 5.41) is 4.02. The van der Waals surface area contributed by atoms with Crippen molar-refractivity contribution in [1.29, 1.82) is 0 Å². The highest BCUT2D eigenvalue weighted by molar-refractivity contribution is 6.30. The van der Waals surface area contributed by atoms with Crippen LogP contribution in [0.3, 0.4) is 0 Å². The molecular weight excluding hydrogens is 282 g/mol. The fraction of sp³-hybridized carbons (Fsp3) is 0.333. The molecular formula is C18H22ClNO. The monoisotopic (exact) mass is 303 g/mol. The van der Waals surface area contributed by atoms with E-state index in [0.717, 1.165) is 12.2 Å². The molecule has 0 radical (unpaired) electrons. The van der Waals surface area contributed by atoms with E-state index in [-0.39, 0.29) is 12.1 Å². The van der Waals surface area contributed by atoms with E-state index in [4.69, 9.17) is 16.3 Å². The molecule has 0 saturated heterocycles. The largest absolute Gasteiger partial charge is 0.489 e. The Morgan fingerprint density at radius 1 is 1.14 bits per heavy atom. The van der Waals surface area contributed by atoms with Crippen molar-refractivity contribution in [2.45, 2.75) is 32.4 Å². The Bertz CT molecular complexity index is 568. The molecule has 0 aliphatic rings. The van der Waals surface area contributed by atoms with Gasteiger partial charge in [0.05, 0.1) is 6.04 Å². The summed E-state index contributed by atoms with van der Waals surface area (Å²) in [5.74, 6) is 0.792. The molecule has 0 saturated carbocycles. The van der Waals surface area contributed by atoms with Gasteiger partial charge in [-0.3, -0.25) is 0 Å². The van der Waals surface area contributed by atoms with Gasteiger partial charge in [-0.15, -0.1) is 0 Å². The van der Waals surface area contributed by atoms with Gasteiger partial charge < -0.3 is 10.1 Å². The van der Waals surface area contributed by atoms with Gasteiger partial charge in [0.25, 0.3) is 0 Å².